The van der Waals surface area contributed by atoms with Gasteiger partial charge in [0.15, 0.2) is 0 Å². The van der Waals surface area contributed by atoms with E-state index >= 15 is 0 Å². The van der Waals surface area contributed by atoms with Crippen LogP contribution in [-0.2, 0) is 17.8 Å². The van der Waals surface area contributed by atoms with Crippen LogP contribution >= 0.6 is 11.6 Å². The Morgan fingerprint density at radius 2 is 2.00 bits per heavy atom. The number of halogens is 1. The number of carbonyl (C=O) groups excluding carboxylic acids is 1. The number of benzene rings is 2. The lowest BCUT2D eigenvalue weighted by Crippen LogP contribution is -2.56. The molecule has 2 aromatic carbocycles. The van der Waals surface area contributed by atoms with Gasteiger partial charge in [-0.2, -0.15) is 9.97 Å². The molecule has 2 atom stereocenters. The molecule has 0 radical (unpaired) electrons. The lowest BCUT2D eigenvalue weighted by atomic mass is 10.0. The van der Waals surface area contributed by atoms with Crippen molar-refractivity contribution >= 4 is 39.8 Å². The number of aromatic nitrogens is 2. The lowest BCUT2D eigenvalue weighted by Gasteiger charge is -2.41. The van der Waals surface area contributed by atoms with Gasteiger partial charge >= 0.3 is 6.01 Å². The molecule has 3 heterocycles. The summed E-state index contributed by atoms with van der Waals surface area (Å²) in [6.07, 6.45) is 4.56. The van der Waals surface area contributed by atoms with Gasteiger partial charge in [-0.05, 0) is 56.8 Å². The van der Waals surface area contributed by atoms with E-state index in [1.54, 1.807) is 4.90 Å². The van der Waals surface area contributed by atoms with Gasteiger partial charge in [0.25, 0.3) is 0 Å². The summed E-state index contributed by atoms with van der Waals surface area (Å²) in [5, 5.41) is 2.88. The summed E-state index contributed by atoms with van der Waals surface area (Å²) in [6, 6.07) is 13.3. The zero-order valence-electron chi connectivity index (χ0n) is 24.9. The van der Waals surface area contributed by atoms with Gasteiger partial charge in [0.2, 0.25) is 12.5 Å². The molecule has 0 unspecified atom stereocenters. The second-order valence-corrected chi connectivity index (χ2v) is 12.2. The summed E-state index contributed by atoms with van der Waals surface area (Å²) < 4.78 is 6.29. The van der Waals surface area contributed by atoms with Crippen LogP contribution in [0.4, 0.5) is 11.5 Å². The van der Waals surface area contributed by atoms with Crippen molar-refractivity contribution in [2.75, 3.05) is 56.2 Å². The van der Waals surface area contributed by atoms with Crippen LogP contribution in [0.1, 0.15) is 31.0 Å². The average molecular weight is 600 g/mol. The monoisotopic (exact) mass is 599 g/mol. The Hall–Kier alpha value is -3.87. The molecule has 0 bridgehead atoms. The molecule has 0 N–H and O–H groups in total. The maximum atomic E-state index is 12.5. The quantitative estimate of drug-likeness (QED) is 0.258. The first-order chi connectivity index (χ1) is 20.9. The third-order valence-electron chi connectivity index (χ3n) is 9.01. The molecule has 9 nitrogen and oxygen atoms in total. The zero-order chi connectivity index (χ0) is 30.1. The van der Waals surface area contributed by atoms with Crippen molar-refractivity contribution in [2.45, 2.75) is 50.9 Å². The SMILES string of the molecule is [C-]#[N+]C[C@H]1CN(c2nc(OC[C@H](C)N(C)C3CC3)nc3c2CCN(c2cccc4cccc(Cl)c24)C3)CCN1C(=O)C=C. The van der Waals surface area contributed by atoms with Gasteiger partial charge in [0.05, 0.1) is 17.3 Å². The van der Waals surface area contributed by atoms with Crippen molar-refractivity contribution < 1.29 is 9.53 Å². The van der Waals surface area contributed by atoms with E-state index in [1.807, 2.05) is 12.1 Å². The van der Waals surface area contributed by atoms with E-state index in [1.165, 1.54) is 18.9 Å². The minimum atomic E-state index is -0.239. The minimum Gasteiger partial charge on any atom is -0.462 e. The van der Waals surface area contributed by atoms with Crippen LogP contribution in [0.25, 0.3) is 15.6 Å². The van der Waals surface area contributed by atoms with Crippen molar-refractivity contribution in [3.8, 4) is 6.01 Å². The van der Waals surface area contributed by atoms with E-state index in [-0.39, 0.29) is 24.5 Å². The standard InChI is InChI=1S/C33H38ClN7O2/c1-5-30(42)41-17-16-40(19-25(41)18-35-3)32-26-14-15-39(29-11-7-9-23-8-6-10-27(34)31(23)29)20-28(26)36-33(37-32)43-21-22(2)38(4)24-12-13-24/h5-11,22,24-25H,1,12-21H2,2,4H3/t22-,25-/m0/s1. The molecule has 1 aromatic heterocycles. The largest absolute Gasteiger partial charge is 0.462 e. The molecule has 2 aliphatic heterocycles. The normalized spacial score (nSPS) is 19.2. The van der Waals surface area contributed by atoms with Crippen molar-refractivity contribution in [3.05, 3.63) is 76.8 Å². The molecule has 1 aliphatic carbocycles. The predicted octanol–water partition coefficient (Wildman–Crippen LogP) is 4.83. The summed E-state index contributed by atoms with van der Waals surface area (Å²) in [5.74, 6) is 0.708. The van der Waals surface area contributed by atoms with Crippen molar-refractivity contribution in [2.24, 2.45) is 0 Å². The number of carbonyl (C=O) groups is 1. The fraction of sp³-hybridized carbons (Fsp3) is 0.455. The smallest absolute Gasteiger partial charge is 0.318 e. The second kappa shape index (κ2) is 12.4. The van der Waals surface area contributed by atoms with Crippen molar-refractivity contribution in [1.29, 1.82) is 0 Å². The predicted molar refractivity (Wildman–Crippen MR) is 171 cm³/mol. The van der Waals surface area contributed by atoms with Crippen LogP contribution in [0.3, 0.4) is 0 Å². The molecule has 2 fully saturated rings. The Morgan fingerprint density at radius 1 is 1.21 bits per heavy atom. The number of fused-ring (bicyclic) bond motifs is 2. The van der Waals surface area contributed by atoms with Gasteiger partial charge in [0, 0.05) is 54.9 Å². The highest BCUT2D eigenvalue weighted by Crippen LogP contribution is 2.37. The Morgan fingerprint density at radius 3 is 2.74 bits per heavy atom. The molecular weight excluding hydrogens is 562 g/mol. The first-order valence-corrected chi connectivity index (χ1v) is 15.4. The molecule has 3 aliphatic rings. The fourth-order valence-corrected chi connectivity index (χ4v) is 6.61. The molecular formula is C33H38ClN7O2. The van der Waals surface area contributed by atoms with Gasteiger partial charge in [-0.1, -0.05) is 42.4 Å². The van der Waals surface area contributed by atoms with Crippen molar-refractivity contribution in [1.82, 2.24) is 19.8 Å². The van der Waals surface area contributed by atoms with Crippen molar-refractivity contribution in [3.63, 3.8) is 0 Å². The van der Waals surface area contributed by atoms with E-state index in [4.69, 9.17) is 32.9 Å². The molecule has 1 saturated heterocycles. The molecule has 0 spiro atoms. The maximum absolute atomic E-state index is 12.5. The highest BCUT2D eigenvalue weighted by Gasteiger charge is 2.35. The first-order valence-electron chi connectivity index (χ1n) is 15.1. The van der Waals surface area contributed by atoms with Gasteiger partial charge < -0.3 is 24.3 Å². The topological polar surface area (TPSA) is 69.4 Å². The summed E-state index contributed by atoms with van der Waals surface area (Å²) in [7, 11) is 2.15. The van der Waals surface area contributed by atoms with Gasteiger partial charge in [0.1, 0.15) is 18.5 Å². The van der Waals surface area contributed by atoms with Gasteiger partial charge in [-0.25, -0.2) is 6.57 Å². The Bertz CT molecular complexity index is 1560. The third-order valence-corrected chi connectivity index (χ3v) is 9.32. The number of likely N-dealkylation sites (N-methyl/N-ethyl adjacent to an activating group) is 1. The molecule has 10 heteroatoms. The van der Waals surface area contributed by atoms with E-state index in [0.29, 0.717) is 44.8 Å². The number of amides is 1. The highest BCUT2D eigenvalue weighted by molar-refractivity contribution is 6.36. The number of nitrogens with zero attached hydrogens (tertiary/aromatic N) is 7. The van der Waals surface area contributed by atoms with E-state index in [2.05, 4.69) is 64.4 Å². The Labute approximate surface area is 258 Å². The van der Waals surface area contributed by atoms with Crippen LogP contribution in [-0.4, -0.2) is 90.2 Å². The van der Waals surface area contributed by atoms with E-state index < -0.39 is 0 Å². The van der Waals surface area contributed by atoms with Crippen LogP contribution < -0.4 is 14.5 Å². The van der Waals surface area contributed by atoms with E-state index in [0.717, 1.165) is 51.5 Å². The molecule has 6 rings (SSSR count). The number of hydrogen-bond donors (Lipinski definition) is 0. The zero-order valence-corrected chi connectivity index (χ0v) is 25.6. The molecule has 3 aromatic rings. The summed E-state index contributed by atoms with van der Waals surface area (Å²) in [6.45, 7) is 17.1. The summed E-state index contributed by atoms with van der Waals surface area (Å²) in [5.41, 5.74) is 3.12. The Kier molecular flexibility index (Phi) is 8.42. The number of ether oxygens (including phenoxy) is 1. The molecule has 1 amide bonds. The fourth-order valence-electron chi connectivity index (χ4n) is 6.33. The third kappa shape index (κ3) is 5.99. The minimum absolute atomic E-state index is 0.139. The maximum Gasteiger partial charge on any atom is 0.318 e. The molecule has 224 valence electrons. The van der Waals surface area contributed by atoms with Crippen LogP contribution in [0.2, 0.25) is 5.02 Å². The first kappa shape index (κ1) is 29.2. The van der Waals surface area contributed by atoms with Crippen LogP contribution in [0.5, 0.6) is 6.01 Å². The average Bonchev–Trinajstić information content (AvgIpc) is 3.88. The van der Waals surface area contributed by atoms with Crippen LogP contribution in [0.15, 0.2) is 49.1 Å². The molecule has 43 heavy (non-hydrogen) atoms. The molecule has 1 saturated carbocycles. The lowest BCUT2D eigenvalue weighted by molar-refractivity contribution is -0.128. The second-order valence-electron chi connectivity index (χ2n) is 11.8. The van der Waals surface area contributed by atoms with E-state index in [9.17, 15) is 4.79 Å². The Balaban J connectivity index is 1.33. The number of rotatable bonds is 9. The summed E-state index contributed by atoms with van der Waals surface area (Å²) in [4.78, 5) is 34.8. The number of hydrogen-bond acceptors (Lipinski definition) is 7. The summed E-state index contributed by atoms with van der Waals surface area (Å²) >= 11 is 6.70. The number of anilines is 2. The van der Waals surface area contributed by atoms with Gasteiger partial charge in [-0.3, -0.25) is 9.69 Å². The highest BCUT2D eigenvalue weighted by atomic mass is 35.5. The van der Waals surface area contributed by atoms with Gasteiger partial charge in [-0.15, -0.1) is 0 Å². The van der Waals surface area contributed by atoms with Crippen LogP contribution in [0, 0.1) is 6.57 Å². The number of piperazine rings is 1.